The molecule has 0 saturated heterocycles. The fourth-order valence-electron chi connectivity index (χ4n) is 2.29. The number of hydrogen-bond acceptors (Lipinski definition) is 2. The zero-order valence-corrected chi connectivity index (χ0v) is 13.4. The Balaban J connectivity index is 2.49. The molecule has 0 aliphatic carbocycles. The van der Waals surface area contributed by atoms with Crippen LogP contribution in [0.25, 0.3) is 0 Å². The number of benzene rings is 1. The second-order valence-corrected chi connectivity index (χ2v) is 5.61. The van der Waals surface area contributed by atoms with Gasteiger partial charge in [0, 0.05) is 5.56 Å². The number of carbonyl (C=O) groups excluding carboxylic acids is 2. The third-order valence-electron chi connectivity index (χ3n) is 3.68. The van der Waals surface area contributed by atoms with Gasteiger partial charge in [-0.3, -0.25) is 9.59 Å². The van der Waals surface area contributed by atoms with E-state index >= 15 is 0 Å². The summed E-state index contributed by atoms with van der Waals surface area (Å²) in [5.74, 6) is -3.41. The van der Waals surface area contributed by atoms with Gasteiger partial charge in [0.25, 0.3) is 5.91 Å². The molecule has 4 nitrogen and oxygen atoms in total. The highest BCUT2D eigenvalue weighted by Crippen LogP contribution is 2.11. The maximum atomic E-state index is 13.1. The molecule has 6 heteroatoms. The van der Waals surface area contributed by atoms with E-state index in [0.717, 1.165) is 50.3 Å². The van der Waals surface area contributed by atoms with Gasteiger partial charge < -0.3 is 11.1 Å². The summed E-state index contributed by atoms with van der Waals surface area (Å²) in [6, 6.07) is 2.03. The van der Waals surface area contributed by atoms with Crippen LogP contribution in [0.3, 0.4) is 0 Å². The van der Waals surface area contributed by atoms with Crippen molar-refractivity contribution in [2.24, 2.45) is 5.73 Å². The van der Waals surface area contributed by atoms with E-state index in [0.29, 0.717) is 6.42 Å². The minimum absolute atomic E-state index is 0.0434. The van der Waals surface area contributed by atoms with Crippen molar-refractivity contribution < 1.29 is 18.4 Å². The van der Waals surface area contributed by atoms with Crippen molar-refractivity contribution in [2.45, 2.75) is 57.9 Å². The largest absolute Gasteiger partial charge is 0.368 e. The average molecular weight is 326 g/mol. The van der Waals surface area contributed by atoms with Crippen LogP contribution in [0.4, 0.5) is 8.78 Å². The fraction of sp³-hybridized carbons (Fsp3) is 0.529. The standard InChI is InChI=1S/C17H24F2N2O2/c1-2-3-4-5-6-7-8-15(16(20)22)21-17(23)12-9-10-13(18)14(19)11-12/h9-11,15H,2-8H2,1H3,(H2,20,22)(H,21,23)/t15-/m0/s1. The van der Waals surface area contributed by atoms with Crippen LogP contribution >= 0.6 is 0 Å². The van der Waals surface area contributed by atoms with E-state index in [9.17, 15) is 18.4 Å². The van der Waals surface area contributed by atoms with Gasteiger partial charge in [0.05, 0.1) is 0 Å². The molecule has 1 aromatic carbocycles. The van der Waals surface area contributed by atoms with Gasteiger partial charge in [-0.1, -0.05) is 45.4 Å². The van der Waals surface area contributed by atoms with Gasteiger partial charge in [0.2, 0.25) is 5.91 Å². The summed E-state index contributed by atoms with van der Waals surface area (Å²) in [6.07, 6.45) is 6.76. The Labute approximate surface area is 135 Å². The lowest BCUT2D eigenvalue weighted by Crippen LogP contribution is -2.44. The van der Waals surface area contributed by atoms with Crippen LogP contribution < -0.4 is 11.1 Å². The maximum absolute atomic E-state index is 13.1. The molecule has 2 amide bonds. The van der Waals surface area contributed by atoms with Gasteiger partial charge in [-0.05, 0) is 24.6 Å². The lowest BCUT2D eigenvalue weighted by Gasteiger charge is -2.15. The molecule has 0 radical (unpaired) electrons. The van der Waals surface area contributed by atoms with Gasteiger partial charge in [-0.15, -0.1) is 0 Å². The summed E-state index contributed by atoms with van der Waals surface area (Å²) < 4.78 is 26.0. The summed E-state index contributed by atoms with van der Waals surface area (Å²) in [6.45, 7) is 2.14. The molecule has 1 rings (SSSR count). The van der Waals surface area contributed by atoms with E-state index in [1.54, 1.807) is 0 Å². The first-order chi connectivity index (χ1) is 11.0. The Morgan fingerprint density at radius 2 is 1.74 bits per heavy atom. The van der Waals surface area contributed by atoms with Crippen molar-refractivity contribution in [3.63, 3.8) is 0 Å². The summed E-state index contributed by atoms with van der Waals surface area (Å²) in [5.41, 5.74) is 5.25. The number of unbranched alkanes of at least 4 members (excludes halogenated alkanes) is 5. The number of nitrogens with two attached hydrogens (primary N) is 1. The molecule has 1 aromatic rings. The van der Waals surface area contributed by atoms with Gasteiger partial charge in [0.15, 0.2) is 11.6 Å². The van der Waals surface area contributed by atoms with E-state index in [2.05, 4.69) is 12.2 Å². The van der Waals surface area contributed by atoms with Gasteiger partial charge in [-0.2, -0.15) is 0 Å². The monoisotopic (exact) mass is 326 g/mol. The summed E-state index contributed by atoms with van der Waals surface area (Å²) in [4.78, 5) is 23.4. The topological polar surface area (TPSA) is 72.2 Å². The Bertz CT molecular complexity index is 535. The molecule has 0 aromatic heterocycles. The van der Waals surface area contributed by atoms with Crippen LogP contribution in [-0.4, -0.2) is 17.9 Å². The molecule has 0 bridgehead atoms. The van der Waals surface area contributed by atoms with Crippen molar-refractivity contribution in [1.29, 1.82) is 0 Å². The SMILES string of the molecule is CCCCCCCC[C@H](NC(=O)c1ccc(F)c(F)c1)C(N)=O. The lowest BCUT2D eigenvalue weighted by molar-refractivity contribution is -0.120. The number of hydrogen-bond donors (Lipinski definition) is 2. The van der Waals surface area contributed by atoms with Gasteiger partial charge >= 0.3 is 0 Å². The van der Waals surface area contributed by atoms with E-state index in [4.69, 9.17) is 5.73 Å². The molecule has 0 fully saturated rings. The Morgan fingerprint density at radius 1 is 1.09 bits per heavy atom. The van der Waals surface area contributed by atoms with Crippen LogP contribution in [0.15, 0.2) is 18.2 Å². The van der Waals surface area contributed by atoms with E-state index < -0.39 is 29.5 Å². The number of carbonyl (C=O) groups is 2. The molecule has 0 aliphatic rings. The minimum Gasteiger partial charge on any atom is -0.368 e. The van der Waals surface area contributed by atoms with Gasteiger partial charge in [0.1, 0.15) is 6.04 Å². The lowest BCUT2D eigenvalue weighted by atomic mass is 10.0. The van der Waals surface area contributed by atoms with Crippen molar-refractivity contribution in [3.8, 4) is 0 Å². The number of primary amides is 1. The van der Waals surface area contributed by atoms with Crippen molar-refractivity contribution in [3.05, 3.63) is 35.4 Å². The molecular weight excluding hydrogens is 302 g/mol. The summed E-state index contributed by atoms with van der Waals surface area (Å²) in [5, 5.41) is 2.48. The molecule has 0 saturated carbocycles. The van der Waals surface area contributed by atoms with Gasteiger partial charge in [-0.25, -0.2) is 8.78 Å². The van der Waals surface area contributed by atoms with Crippen LogP contribution in [0.1, 0.15) is 62.2 Å². The molecule has 0 unspecified atom stereocenters. The highest BCUT2D eigenvalue weighted by molar-refractivity contribution is 5.97. The van der Waals surface area contributed by atoms with Crippen LogP contribution in [0.5, 0.6) is 0 Å². The second kappa shape index (κ2) is 9.92. The second-order valence-electron chi connectivity index (χ2n) is 5.61. The molecule has 1 atom stereocenters. The highest BCUT2D eigenvalue weighted by Gasteiger charge is 2.19. The Hall–Kier alpha value is -1.98. The quantitative estimate of drug-likeness (QED) is 0.648. The molecule has 128 valence electrons. The first-order valence-corrected chi connectivity index (χ1v) is 8.01. The van der Waals surface area contributed by atoms with E-state index in [-0.39, 0.29) is 5.56 Å². The third-order valence-corrected chi connectivity index (χ3v) is 3.68. The highest BCUT2D eigenvalue weighted by atomic mass is 19.2. The van der Waals surface area contributed by atoms with Crippen molar-refractivity contribution in [1.82, 2.24) is 5.32 Å². The predicted molar refractivity (Wildman–Crippen MR) is 84.8 cm³/mol. The van der Waals surface area contributed by atoms with E-state index in [1.807, 2.05) is 0 Å². The zero-order chi connectivity index (χ0) is 17.2. The third kappa shape index (κ3) is 6.76. The van der Waals surface area contributed by atoms with Crippen LogP contribution in [0, 0.1) is 11.6 Å². The maximum Gasteiger partial charge on any atom is 0.252 e. The summed E-state index contributed by atoms with van der Waals surface area (Å²) >= 11 is 0. The van der Waals surface area contributed by atoms with Crippen LogP contribution in [0.2, 0.25) is 0 Å². The first-order valence-electron chi connectivity index (χ1n) is 8.01. The smallest absolute Gasteiger partial charge is 0.252 e. The first kappa shape index (κ1) is 19.1. The molecule has 3 N–H and O–H groups in total. The fourth-order valence-corrected chi connectivity index (χ4v) is 2.29. The molecule has 0 aliphatic heterocycles. The average Bonchev–Trinajstić information content (AvgIpc) is 2.51. The summed E-state index contributed by atoms with van der Waals surface area (Å²) in [7, 11) is 0. The van der Waals surface area contributed by atoms with Crippen molar-refractivity contribution in [2.75, 3.05) is 0 Å². The predicted octanol–water partition coefficient (Wildman–Crippen LogP) is 3.30. The molecular formula is C17H24F2N2O2. The molecule has 0 heterocycles. The number of rotatable bonds is 10. The normalized spacial score (nSPS) is 12.0. The molecule has 0 spiro atoms. The Morgan fingerprint density at radius 3 is 2.35 bits per heavy atom. The van der Waals surface area contributed by atoms with Crippen LogP contribution in [-0.2, 0) is 4.79 Å². The molecule has 23 heavy (non-hydrogen) atoms. The Kier molecular flexibility index (Phi) is 8.22. The number of nitrogens with one attached hydrogen (secondary N) is 1. The number of amides is 2. The van der Waals surface area contributed by atoms with Crippen molar-refractivity contribution >= 4 is 11.8 Å². The number of halogens is 2. The minimum atomic E-state index is -1.11. The van der Waals surface area contributed by atoms with E-state index in [1.165, 1.54) is 6.42 Å². The zero-order valence-electron chi connectivity index (χ0n) is 13.4.